The minimum Gasteiger partial charge on any atom is -0.393 e. The number of hydrogen-bond donors (Lipinski definition) is 2. The standard InChI is InChI=1S/C14H25NO/c1-2-3-6-15-10-11-7-12-4-5-14(16)9-13(12)8-11/h11,14-16H,2-10H2,1H3/t11-,14+/m1/s1. The van der Waals surface area contributed by atoms with Gasteiger partial charge in [0.1, 0.15) is 0 Å². The first-order chi connectivity index (χ1) is 7.79. The molecule has 2 atom stereocenters. The monoisotopic (exact) mass is 223 g/mol. The Morgan fingerprint density at radius 3 is 2.88 bits per heavy atom. The van der Waals surface area contributed by atoms with Gasteiger partial charge in [-0.3, -0.25) is 0 Å². The molecule has 0 aliphatic heterocycles. The second-order valence-electron chi connectivity index (χ2n) is 5.44. The lowest BCUT2D eigenvalue weighted by atomic mass is 9.92. The van der Waals surface area contributed by atoms with Crippen LogP contribution in [0.15, 0.2) is 11.1 Å². The van der Waals surface area contributed by atoms with E-state index in [2.05, 4.69) is 12.2 Å². The smallest absolute Gasteiger partial charge is 0.0580 e. The van der Waals surface area contributed by atoms with E-state index in [0.29, 0.717) is 0 Å². The summed E-state index contributed by atoms with van der Waals surface area (Å²) >= 11 is 0. The lowest BCUT2D eigenvalue weighted by Gasteiger charge is -2.18. The molecule has 2 nitrogen and oxygen atoms in total. The molecule has 2 heteroatoms. The number of nitrogens with one attached hydrogen (secondary N) is 1. The van der Waals surface area contributed by atoms with E-state index >= 15 is 0 Å². The molecule has 0 fully saturated rings. The molecular weight excluding hydrogens is 198 g/mol. The van der Waals surface area contributed by atoms with Crippen LogP contribution in [0.25, 0.3) is 0 Å². The van der Waals surface area contributed by atoms with Gasteiger partial charge in [-0.1, -0.05) is 24.5 Å². The maximum Gasteiger partial charge on any atom is 0.0580 e. The number of rotatable bonds is 5. The van der Waals surface area contributed by atoms with Crippen molar-refractivity contribution in [1.29, 1.82) is 0 Å². The van der Waals surface area contributed by atoms with Gasteiger partial charge in [-0.25, -0.2) is 0 Å². The van der Waals surface area contributed by atoms with Crippen LogP contribution in [-0.4, -0.2) is 24.3 Å². The van der Waals surface area contributed by atoms with Gasteiger partial charge in [-0.15, -0.1) is 0 Å². The summed E-state index contributed by atoms with van der Waals surface area (Å²) in [6.45, 7) is 4.57. The van der Waals surface area contributed by atoms with Gasteiger partial charge in [0.05, 0.1) is 6.10 Å². The van der Waals surface area contributed by atoms with Crippen LogP contribution in [0, 0.1) is 5.92 Å². The highest BCUT2D eigenvalue weighted by Gasteiger charge is 2.28. The van der Waals surface area contributed by atoms with Gasteiger partial charge in [0.2, 0.25) is 0 Å². The fourth-order valence-corrected chi connectivity index (χ4v) is 3.04. The molecule has 16 heavy (non-hydrogen) atoms. The maximum atomic E-state index is 9.64. The molecule has 0 aromatic carbocycles. The highest BCUT2D eigenvalue weighted by atomic mass is 16.3. The van der Waals surface area contributed by atoms with E-state index in [4.69, 9.17) is 0 Å². The molecular formula is C14H25NO. The predicted octanol–water partition coefficient (Wildman–Crippen LogP) is 2.63. The number of allylic oxidation sites excluding steroid dienone is 1. The van der Waals surface area contributed by atoms with Gasteiger partial charge >= 0.3 is 0 Å². The molecule has 0 aromatic rings. The van der Waals surface area contributed by atoms with Gasteiger partial charge in [-0.05, 0) is 57.5 Å². The molecule has 92 valence electrons. The lowest BCUT2D eigenvalue weighted by Crippen LogP contribution is -2.22. The molecule has 0 heterocycles. The molecule has 2 aliphatic rings. The zero-order valence-corrected chi connectivity index (χ0v) is 10.5. The van der Waals surface area contributed by atoms with Crippen LogP contribution in [0.5, 0.6) is 0 Å². The summed E-state index contributed by atoms with van der Waals surface area (Å²) in [5.74, 6) is 0.812. The molecule has 0 radical (unpaired) electrons. The van der Waals surface area contributed by atoms with Crippen LogP contribution >= 0.6 is 0 Å². The fourth-order valence-electron chi connectivity index (χ4n) is 3.04. The molecule has 2 N–H and O–H groups in total. The lowest BCUT2D eigenvalue weighted by molar-refractivity contribution is 0.158. The maximum absolute atomic E-state index is 9.64. The van der Waals surface area contributed by atoms with Crippen LogP contribution in [0.1, 0.15) is 51.9 Å². The minimum atomic E-state index is -0.0504. The van der Waals surface area contributed by atoms with E-state index in [1.807, 2.05) is 0 Å². The second kappa shape index (κ2) is 5.83. The average Bonchev–Trinajstić information content (AvgIpc) is 2.66. The van der Waals surface area contributed by atoms with E-state index in [1.165, 1.54) is 38.8 Å². The SMILES string of the molecule is CCCCNC[C@@H]1CC2=C(C[C@@H](O)CC2)C1. The summed E-state index contributed by atoms with van der Waals surface area (Å²) in [5, 5.41) is 13.2. The fraction of sp³-hybridized carbons (Fsp3) is 0.857. The number of aliphatic hydroxyl groups is 1. The Labute approximate surface area is 99.1 Å². The highest BCUT2D eigenvalue weighted by Crippen LogP contribution is 2.39. The first kappa shape index (κ1) is 12.1. The third-order valence-electron chi connectivity index (χ3n) is 3.97. The molecule has 0 unspecified atom stereocenters. The first-order valence-corrected chi connectivity index (χ1v) is 6.88. The summed E-state index contributed by atoms with van der Waals surface area (Å²) in [4.78, 5) is 0. The van der Waals surface area contributed by atoms with Crippen LogP contribution in [0.3, 0.4) is 0 Å². The molecule has 0 saturated heterocycles. The van der Waals surface area contributed by atoms with Crippen LogP contribution in [0.2, 0.25) is 0 Å². The molecule has 0 amide bonds. The number of aliphatic hydroxyl groups excluding tert-OH is 1. The average molecular weight is 223 g/mol. The summed E-state index contributed by atoms with van der Waals surface area (Å²) < 4.78 is 0. The Morgan fingerprint density at radius 2 is 2.06 bits per heavy atom. The first-order valence-electron chi connectivity index (χ1n) is 6.88. The Balaban J connectivity index is 1.70. The topological polar surface area (TPSA) is 32.3 Å². The Bertz CT molecular complexity index is 259. The summed E-state index contributed by atoms with van der Waals surface area (Å²) in [6.07, 6.45) is 8.16. The van der Waals surface area contributed by atoms with Crippen molar-refractivity contribution in [2.45, 2.75) is 58.0 Å². The van der Waals surface area contributed by atoms with Crippen molar-refractivity contribution < 1.29 is 5.11 Å². The quantitative estimate of drug-likeness (QED) is 0.555. The third kappa shape index (κ3) is 3.08. The Kier molecular flexibility index (Phi) is 4.42. The predicted molar refractivity (Wildman–Crippen MR) is 67.4 cm³/mol. The molecule has 0 spiro atoms. The third-order valence-corrected chi connectivity index (χ3v) is 3.97. The zero-order chi connectivity index (χ0) is 11.4. The minimum absolute atomic E-state index is 0.0504. The summed E-state index contributed by atoms with van der Waals surface area (Å²) in [6, 6.07) is 0. The van der Waals surface area contributed by atoms with Crippen molar-refractivity contribution in [3.63, 3.8) is 0 Å². The Morgan fingerprint density at radius 1 is 1.25 bits per heavy atom. The van der Waals surface area contributed by atoms with Crippen LogP contribution in [-0.2, 0) is 0 Å². The second-order valence-corrected chi connectivity index (χ2v) is 5.44. The molecule has 0 bridgehead atoms. The number of unbranched alkanes of at least 4 members (excludes halogenated alkanes) is 1. The molecule has 0 aromatic heterocycles. The summed E-state index contributed by atoms with van der Waals surface area (Å²) in [7, 11) is 0. The van der Waals surface area contributed by atoms with Gasteiger partial charge in [0.25, 0.3) is 0 Å². The number of hydrogen-bond acceptors (Lipinski definition) is 2. The molecule has 0 saturated carbocycles. The largest absolute Gasteiger partial charge is 0.393 e. The summed E-state index contributed by atoms with van der Waals surface area (Å²) in [5.41, 5.74) is 3.26. The normalized spacial score (nSPS) is 29.6. The van der Waals surface area contributed by atoms with Crippen molar-refractivity contribution >= 4 is 0 Å². The van der Waals surface area contributed by atoms with Crippen molar-refractivity contribution in [3.05, 3.63) is 11.1 Å². The Hall–Kier alpha value is -0.340. The van der Waals surface area contributed by atoms with Gasteiger partial charge < -0.3 is 10.4 Å². The highest BCUT2D eigenvalue weighted by molar-refractivity contribution is 5.24. The van der Waals surface area contributed by atoms with Crippen LogP contribution < -0.4 is 5.32 Å². The van der Waals surface area contributed by atoms with Gasteiger partial charge in [0, 0.05) is 0 Å². The van der Waals surface area contributed by atoms with Crippen LogP contribution in [0.4, 0.5) is 0 Å². The van der Waals surface area contributed by atoms with Crippen molar-refractivity contribution in [3.8, 4) is 0 Å². The van der Waals surface area contributed by atoms with E-state index in [-0.39, 0.29) is 6.10 Å². The van der Waals surface area contributed by atoms with E-state index < -0.39 is 0 Å². The van der Waals surface area contributed by atoms with Gasteiger partial charge in [-0.2, -0.15) is 0 Å². The van der Waals surface area contributed by atoms with Crippen molar-refractivity contribution in [2.24, 2.45) is 5.92 Å². The van der Waals surface area contributed by atoms with E-state index in [0.717, 1.165) is 25.2 Å². The van der Waals surface area contributed by atoms with Crippen molar-refractivity contribution in [1.82, 2.24) is 5.32 Å². The zero-order valence-electron chi connectivity index (χ0n) is 10.5. The molecule has 2 rings (SSSR count). The van der Waals surface area contributed by atoms with Crippen molar-refractivity contribution in [2.75, 3.05) is 13.1 Å². The van der Waals surface area contributed by atoms with Gasteiger partial charge in [0.15, 0.2) is 0 Å². The molecule has 2 aliphatic carbocycles. The van der Waals surface area contributed by atoms with E-state index in [9.17, 15) is 5.11 Å². The van der Waals surface area contributed by atoms with E-state index in [1.54, 1.807) is 11.1 Å².